The minimum atomic E-state index is 0. The van der Waals surface area contributed by atoms with Gasteiger partial charge in [0.15, 0.2) is 5.96 Å². The van der Waals surface area contributed by atoms with Crippen molar-refractivity contribution in [2.24, 2.45) is 4.99 Å². The topological polar surface area (TPSA) is 39.7 Å². The van der Waals surface area contributed by atoms with E-state index < -0.39 is 0 Å². The number of guanidine groups is 1. The van der Waals surface area contributed by atoms with Crippen molar-refractivity contribution in [3.8, 4) is 0 Å². The van der Waals surface area contributed by atoms with E-state index in [1.165, 1.54) is 11.3 Å². The van der Waals surface area contributed by atoms with Crippen LogP contribution in [0.2, 0.25) is 0 Å². The van der Waals surface area contributed by atoms with Gasteiger partial charge in [0, 0.05) is 32.4 Å². The van der Waals surface area contributed by atoms with E-state index in [1.54, 1.807) is 11.3 Å². The molecule has 0 radical (unpaired) electrons. The third kappa shape index (κ3) is 8.58. The van der Waals surface area contributed by atoms with Crippen LogP contribution in [0.25, 0.3) is 0 Å². The fourth-order valence-electron chi connectivity index (χ4n) is 2.39. The maximum atomic E-state index is 4.63. The highest BCUT2D eigenvalue weighted by atomic mass is 127. The summed E-state index contributed by atoms with van der Waals surface area (Å²) in [5.41, 5.74) is 2.54. The van der Waals surface area contributed by atoms with Gasteiger partial charge in [-0.05, 0) is 54.3 Å². The Hall–Kier alpha value is -1.28. The lowest BCUT2D eigenvalue weighted by Gasteiger charge is -2.19. The van der Waals surface area contributed by atoms with E-state index >= 15 is 0 Å². The highest BCUT2D eigenvalue weighted by molar-refractivity contribution is 14.0. The average molecular weight is 472 g/mol. The molecule has 0 aliphatic rings. The van der Waals surface area contributed by atoms with Crippen LogP contribution < -0.4 is 15.5 Å². The minimum Gasteiger partial charge on any atom is -0.375 e. The number of hydrogen-bond donors (Lipinski definition) is 2. The Morgan fingerprint density at radius 1 is 1.12 bits per heavy atom. The smallest absolute Gasteiger partial charge is 0.191 e. The van der Waals surface area contributed by atoms with Gasteiger partial charge in [-0.15, -0.1) is 24.0 Å². The predicted molar refractivity (Wildman–Crippen MR) is 121 cm³/mol. The molecule has 2 N–H and O–H groups in total. The molecule has 1 heterocycles. The summed E-state index contributed by atoms with van der Waals surface area (Å²) >= 11 is 1.72. The molecule has 4 nitrogen and oxygen atoms in total. The number of hydrogen-bond acceptors (Lipinski definition) is 3. The van der Waals surface area contributed by atoms with Crippen LogP contribution >= 0.6 is 35.3 Å². The molecule has 138 valence electrons. The van der Waals surface area contributed by atoms with Crippen LogP contribution in [0.5, 0.6) is 0 Å². The molecule has 2 aromatic rings. The largest absolute Gasteiger partial charge is 0.375 e. The van der Waals surface area contributed by atoms with E-state index in [2.05, 4.69) is 81.7 Å². The number of nitrogens with zero attached hydrogens (tertiary/aromatic N) is 2. The molecular formula is C19H29IN4S. The Balaban J connectivity index is 0.00000312. The molecular weight excluding hydrogens is 443 g/mol. The summed E-state index contributed by atoms with van der Waals surface area (Å²) in [4.78, 5) is 6.93. The number of para-hydroxylation sites is 1. The Morgan fingerprint density at radius 2 is 1.92 bits per heavy atom. The molecule has 0 saturated heterocycles. The lowest BCUT2D eigenvalue weighted by molar-refractivity contribution is 0.687. The molecule has 25 heavy (non-hydrogen) atoms. The van der Waals surface area contributed by atoms with Crippen molar-refractivity contribution in [2.75, 3.05) is 31.6 Å². The quantitative estimate of drug-likeness (QED) is 0.247. The van der Waals surface area contributed by atoms with E-state index in [-0.39, 0.29) is 24.0 Å². The van der Waals surface area contributed by atoms with Crippen LogP contribution in [0.15, 0.2) is 52.2 Å². The number of rotatable bonds is 9. The van der Waals surface area contributed by atoms with Gasteiger partial charge in [-0.2, -0.15) is 11.3 Å². The van der Waals surface area contributed by atoms with E-state index in [0.29, 0.717) is 0 Å². The first-order chi connectivity index (χ1) is 11.8. The maximum Gasteiger partial charge on any atom is 0.191 e. The van der Waals surface area contributed by atoms with Crippen LogP contribution in [0.4, 0.5) is 5.69 Å². The zero-order valence-corrected chi connectivity index (χ0v) is 18.2. The molecule has 2 rings (SSSR count). The summed E-state index contributed by atoms with van der Waals surface area (Å²) in [5.74, 6) is 0.903. The van der Waals surface area contributed by atoms with Gasteiger partial charge in [0.25, 0.3) is 0 Å². The molecule has 6 heteroatoms. The van der Waals surface area contributed by atoms with Crippen LogP contribution in [0.3, 0.4) is 0 Å². The minimum absolute atomic E-state index is 0. The molecule has 0 bridgehead atoms. The lowest BCUT2D eigenvalue weighted by Crippen LogP contribution is -2.37. The zero-order valence-electron chi connectivity index (χ0n) is 15.1. The van der Waals surface area contributed by atoms with Crippen LogP contribution in [0.1, 0.15) is 25.3 Å². The molecule has 1 aromatic carbocycles. The number of anilines is 1. The van der Waals surface area contributed by atoms with Crippen molar-refractivity contribution in [2.45, 2.75) is 26.3 Å². The maximum absolute atomic E-state index is 4.63. The van der Waals surface area contributed by atoms with Gasteiger partial charge in [0.1, 0.15) is 0 Å². The van der Waals surface area contributed by atoms with Crippen molar-refractivity contribution in [1.29, 1.82) is 0 Å². The van der Waals surface area contributed by atoms with Gasteiger partial charge in [0.2, 0.25) is 0 Å². The average Bonchev–Trinajstić information content (AvgIpc) is 3.13. The SMILES string of the molecule is CCNC(=NCc1ccsc1)NCCCCN(C)c1ccccc1.I. The summed E-state index contributed by atoms with van der Waals surface area (Å²) in [7, 11) is 2.15. The number of thiophene rings is 1. The second-order valence-electron chi connectivity index (χ2n) is 5.72. The number of halogens is 1. The fraction of sp³-hybridized carbons (Fsp3) is 0.421. The number of benzene rings is 1. The Kier molecular flexibility index (Phi) is 11.3. The summed E-state index contributed by atoms with van der Waals surface area (Å²) in [6.45, 7) is 5.71. The molecule has 1 aromatic heterocycles. The molecule has 0 spiro atoms. The van der Waals surface area contributed by atoms with Crippen LogP contribution in [0, 0.1) is 0 Å². The van der Waals surface area contributed by atoms with E-state index in [1.807, 2.05) is 0 Å². The third-order valence-corrected chi connectivity index (χ3v) is 4.49. The third-order valence-electron chi connectivity index (χ3n) is 3.75. The predicted octanol–water partition coefficient (Wildman–Crippen LogP) is 4.34. The second kappa shape index (κ2) is 13.0. The lowest BCUT2D eigenvalue weighted by atomic mass is 10.2. The summed E-state index contributed by atoms with van der Waals surface area (Å²) in [6.07, 6.45) is 2.28. The fourth-order valence-corrected chi connectivity index (χ4v) is 3.05. The standard InChI is InChI=1S/C19H28N4S.HI/c1-3-20-19(22-15-17-11-14-24-16-17)21-12-7-8-13-23(2)18-9-5-4-6-10-18;/h4-6,9-11,14,16H,3,7-8,12-13,15H2,1-2H3,(H2,20,21,22);1H. The summed E-state index contributed by atoms with van der Waals surface area (Å²) in [6, 6.07) is 12.6. The first-order valence-corrected chi connectivity index (χ1v) is 9.53. The summed E-state index contributed by atoms with van der Waals surface area (Å²) in [5, 5.41) is 11.0. The molecule has 0 unspecified atom stereocenters. The highest BCUT2D eigenvalue weighted by Crippen LogP contribution is 2.11. The van der Waals surface area contributed by atoms with E-state index in [0.717, 1.165) is 45.0 Å². The van der Waals surface area contributed by atoms with Gasteiger partial charge >= 0.3 is 0 Å². The van der Waals surface area contributed by atoms with Crippen molar-refractivity contribution >= 4 is 47.0 Å². The van der Waals surface area contributed by atoms with Crippen molar-refractivity contribution in [3.05, 3.63) is 52.7 Å². The van der Waals surface area contributed by atoms with Gasteiger partial charge < -0.3 is 15.5 Å². The second-order valence-corrected chi connectivity index (χ2v) is 6.50. The van der Waals surface area contributed by atoms with Crippen LogP contribution in [-0.2, 0) is 6.54 Å². The molecule has 0 amide bonds. The Labute approximate surface area is 172 Å². The summed E-state index contributed by atoms with van der Waals surface area (Å²) < 4.78 is 0. The first kappa shape index (κ1) is 21.8. The van der Waals surface area contributed by atoms with Crippen molar-refractivity contribution in [3.63, 3.8) is 0 Å². The first-order valence-electron chi connectivity index (χ1n) is 8.59. The number of nitrogens with one attached hydrogen (secondary N) is 2. The van der Waals surface area contributed by atoms with Gasteiger partial charge in [-0.3, -0.25) is 0 Å². The number of aliphatic imine (C=N–C) groups is 1. The molecule has 0 aliphatic heterocycles. The van der Waals surface area contributed by atoms with Crippen molar-refractivity contribution < 1.29 is 0 Å². The molecule has 0 aliphatic carbocycles. The van der Waals surface area contributed by atoms with Gasteiger partial charge in [-0.25, -0.2) is 4.99 Å². The van der Waals surface area contributed by atoms with Crippen molar-refractivity contribution in [1.82, 2.24) is 10.6 Å². The van der Waals surface area contributed by atoms with E-state index in [9.17, 15) is 0 Å². The molecule has 0 saturated carbocycles. The van der Waals surface area contributed by atoms with Gasteiger partial charge in [-0.1, -0.05) is 18.2 Å². The molecule has 0 atom stereocenters. The Morgan fingerprint density at radius 3 is 2.60 bits per heavy atom. The highest BCUT2D eigenvalue weighted by Gasteiger charge is 2.00. The number of unbranched alkanes of at least 4 members (excludes halogenated alkanes) is 1. The normalized spacial score (nSPS) is 10.9. The Bertz CT molecular complexity index is 587. The zero-order chi connectivity index (χ0) is 17.0. The van der Waals surface area contributed by atoms with Gasteiger partial charge in [0.05, 0.1) is 6.54 Å². The molecule has 0 fully saturated rings. The monoisotopic (exact) mass is 472 g/mol. The van der Waals surface area contributed by atoms with Crippen LogP contribution in [-0.4, -0.2) is 32.6 Å². The van der Waals surface area contributed by atoms with E-state index in [4.69, 9.17) is 0 Å².